The summed E-state index contributed by atoms with van der Waals surface area (Å²) in [4.78, 5) is 30.5. The van der Waals surface area contributed by atoms with E-state index in [9.17, 15) is 18.4 Å². The largest absolute Gasteiger partial charge is 0.496 e. The van der Waals surface area contributed by atoms with Gasteiger partial charge in [0.1, 0.15) is 17.4 Å². The van der Waals surface area contributed by atoms with Gasteiger partial charge >= 0.3 is 0 Å². The summed E-state index contributed by atoms with van der Waals surface area (Å²) >= 11 is 0. The van der Waals surface area contributed by atoms with Crippen LogP contribution in [0.25, 0.3) is 11.3 Å². The number of benzene rings is 2. The van der Waals surface area contributed by atoms with E-state index < -0.39 is 17.7 Å². The molecule has 2 aromatic carbocycles. The summed E-state index contributed by atoms with van der Waals surface area (Å²) in [6, 6.07) is 11.8. The van der Waals surface area contributed by atoms with Gasteiger partial charge in [0.15, 0.2) is 0 Å². The number of carbonyl (C=O) groups excluding carboxylic acids is 1. The van der Waals surface area contributed by atoms with Gasteiger partial charge in [-0.3, -0.25) is 9.59 Å². The van der Waals surface area contributed by atoms with Gasteiger partial charge in [0.05, 0.1) is 25.2 Å². The summed E-state index contributed by atoms with van der Waals surface area (Å²) in [5.41, 5.74) is 2.35. The van der Waals surface area contributed by atoms with Gasteiger partial charge in [0.2, 0.25) is 6.41 Å². The van der Waals surface area contributed by atoms with Gasteiger partial charge in [-0.1, -0.05) is 25.0 Å². The lowest BCUT2D eigenvalue weighted by Gasteiger charge is -2.38. The highest BCUT2D eigenvalue weighted by atomic mass is 19.1. The molecular formula is C33H43F2N5O3. The molecular weight excluding hydrogens is 552 g/mol. The van der Waals surface area contributed by atoms with Crippen molar-refractivity contribution in [2.75, 3.05) is 46.9 Å². The van der Waals surface area contributed by atoms with Crippen molar-refractivity contribution in [1.82, 2.24) is 24.7 Å². The van der Waals surface area contributed by atoms with E-state index >= 15 is 0 Å². The van der Waals surface area contributed by atoms with E-state index in [1.165, 1.54) is 73.5 Å². The predicted molar refractivity (Wildman–Crippen MR) is 164 cm³/mol. The van der Waals surface area contributed by atoms with Crippen LogP contribution < -0.4 is 15.6 Å². The van der Waals surface area contributed by atoms with Crippen LogP contribution in [0.1, 0.15) is 50.1 Å². The number of nitrogens with one attached hydrogen (secondary N) is 1. The highest BCUT2D eigenvalue weighted by Crippen LogP contribution is 2.44. The molecule has 3 heterocycles. The van der Waals surface area contributed by atoms with Crippen LogP contribution in [-0.2, 0) is 11.8 Å². The first kappa shape index (κ1) is 32.3. The van der Waals surface area contributed by atoms with E-state index in [0.29, 0.717) is 37.5 Å². The van der Waals surface area contributed by atoms with Crippen molar-refractivity contribution in [1.29, 1.82) is 0 Å². The Kier molecular flexibility index (Phi) is 11.4. The van der Waals surface area contributed by atoms with Crippen molar-refractivity contribution in [2.24, 2.45) is 12.5 Å². The Morgan fingerprint density at radius 2 is 1.77 bits per heavy atom. The van der Waals surface area contributed by atoms with Gasteiger partial charge in [-0.25, -0.2) is 13.8 Å². The molecule has 1 saturated carbocycles. The van der Waals surface area contributed by atoms with E-state index in [2.05, 4.69) is 22.2 Å². The number of hydrogen-bond acceptors (Lipinski definition) is 6. The van der Waals surface area contributed by atoms with Crippen LogP contribution in [0.5, 0.6) is 5.75 Å². The molecule has 1 N–H and O–H groups in total. The minimum absolute atomic E-state index is 0.0871. The SMILES string of the molecule is CN1CCCC2(CCCC2)C1.COc1ccccc1-c1cc(=O)n(C)cn1.O=CN1CCNCC1c1cc(F)ccc1F. The number of hydrogen-bond donors (Lipinski definition) is 1. The van der Waals surface area contributed by atoms with Crippen molar-refractivity contribution in [2.45, 2.75) is 44.6 Å². The Morgan fingerprint density at radius 1 is 1.02 bits per heavy atom. The smallest absolute Gasteiger partial charge is 0.253 e. The van der Waals surface area contributed by atoms with Crippen molar-refractivity contribution in [3.63, 3.8) is 0 Å². The zero-order chi connectivity index (χ0) is 30.8. The number of halogens is 2. The van der Waals surface area contributed by atoms with Crippen LogP contribution in [0.15, 0.2) is 59.7 Å². The fraction of sp³-hybridized carbons (Fsp3) is 0.485. The fourth-order valence-corrected chi connectivity index (χ4v) is 6.36. The number of piperazine rings is 1. The number of aromatic nitrogens is 2. The van der Waals surface area contributed by atoms with E-state index in [-0.39, 0.29) is 11.1 Å². The maximum absolute atomic E-state index is 13.5. The number of rotatable bonds is 4. The number of likely N-dealkylation sites (tertiary alicyclic amines) is 1. The third-order valence-corrected chi connectivity index (χ3v) is 8.61. The average Bonchev–Trinajstić information content (AvgIpc) is 3.47. The zero-order valence-corrected chi connectivity index (χ0v) is 25.4. The fourth-order valence-electron chi connectivity index (χ4n) is 6.36. The number of amides is 1. The van der Waals surface area contributed by atoms with Crippen molar-refractivity contribution < 1.29 is 18.3 Å². The molecule has 1 atom stereocenters. The molecule has 10 heteroatoms. The average molecular weight is 596 g/mol. The zero-order valence-electron chi connectivity index (χ0n) is 25.4. The molecule has 1 aliphatic carbocycles. The molecule has 0 bridgehead atoms. The van der Waals surface area contributed by atoms with Crippen LogP contribution in [-0.4, -0.2) is 72.6 Å². The Hall–Kier alpha value is -3.63. The number of para-hydroxylation sites is 1. The van der Waals surface area contributed by atoms with Gasteiger partial charge < -0.3 is 24.4 Å². The Balaban J connectivity index is 0.000000150. The van der Waals surface area contributed by atoms with Crippen molar-refractivity contribution >= 4 is 6.41 Å². The molecule has 6 rings (SSSR count). The predicted octanol–water partition coefficient (Wildman–Crippen LogP) is 4.80. The summed E-state index contributed by atoms with van der Waals surface area (Å²) in [7, 11) is 5.54. The Labute approximate surface area is 252 Å². The summed E-state index contributed by atoms with van der Waals surface area (Å²) in [5.74, 6) is -0.266. The number of nitrogens with zero attached hydrogens (tertiary/aromatic N) is 4. The van der Waals surface area contributed by atoms with Crippen LogP contribution in [0.3, 0.4) is 0 Å². The van der Waals surface area contributed by atoms with Crippen LogP contribution in [0.4, 0.5) is 8.78 Å². The lowest BCUT2D eigenvalue weighted by atomic mass is 9.79. The third kappa shape index (κ3) is 8.48. The van der Waals surface area contributed by atoms with Crippen LogP contribution in [0.2, 0.25) is 0 Å². The first-order valence-corrected chi connectivity index (χ1v) is 15.0. The monoisotopic (exact) mass is 595 g/mol. The summed E-state index contributed by atoms with van der Waals surface area (Å²) in [6.45, 7) is 4.34. The maximum atomic E-state index is 13.5. The second-order valence-electron chi connectivity index (χ2n) is 11.7. The quantitative estimate of drug-likeness (QED) is 0.437. The molecule has 2 aliphatic heterocycles. The Morgan fingerprint density at radius 3 is 2.47 bits per heavy atom. The molecule has 1 spiro atoms. The minimum atomic E-state index is -0.493. The molecule has 232 valence electrons. The molecule has 1 aromatic heterocycles. The van der Waals surface area contributed by atoms with E-state index in [1.807, 2.05) is 24.3 Å². The first-order chi connectivity index (χ1) is 20.7. The second kappa shape index (κ2) is 15.2. The molecule has 2 saturated heterocycles. The molecule has 3 fully saturated rings. The number of carbonyl (C=O) groups is 1. The third-order valence-electron chi connectivity index (χ3n) is 8.61. The van der Waals surface area contributed by atoms with E-state index in [4.69, 9.17) is 4.74 Å². The molecule has 1 unspecified atom stereocenters. The van der Waals surface area contributed by atoms with E-state index in [0.717, 1.165) is 29.2 Å². The lowest BCUT2D eigenvalue weighted by Crippen LogP contribution is -2.45. The highest BCUT2D eigenvalue weighted by Gasteiger charge is 2.36. The number of piperidine rings is 1. The van der Waals surface area contributed by atoms with Gasteiger partial charge in [-0.2, -0.15) is 0 Å². The van der Waals surface area contributed by atoms with Crippen LogP contribution >= 0.6 is 0 Å². The maximum Gasteiger partial charge on any atom is 0.253 e. The van der Waals surface area contributed by atoms with Crippen molar-refractivity contribution in [3.05, 3.63) is 82.4 Å². The molecule has 1 amide bonds. The summed E-state index contributed by atoms with van der Waals surface area (Å²) in [6.07, 6.45) is 11.1. The van der Waals surface area contributed by atoms with E-state index in [1.54, 1.807) is 14.2 Å². The van der Waals surface area contributed by atoms with Gasteiger partial charge in [-0.15, -0.1) is 0 Å². The molecule has 0 radical (unpaired) electrons. The topological polar surface area (TPSA) is 79.7 Å². The second-order valence-corrected chi connectivity index (χ2v) is 11.7. The van der Waals surface area contributed by atoms with Gasteiger partial charge in [-0.05, 0) is 75.0 Å². The van der Waals surface area contributed by atoms with Crippen LogP contribution in [0, 0.1) is 17.0 Å². The van der Waals surface area contributed by atoms with Crippen molar-refractivity contribution in [3.8, 4) is 17.0 Å². The minimum Gasteiger partial charge on any atom is -0.496 e. The molecule has 8 nitrogen and oxygen atoms in total. The lowest BCUT2D eigenvalue weighted by molar-refractivity contribution is -0.121. The standard InChI is InChI=1S/C12H12N2O2.C11H12F2N2O.C10H19N/c1-14-8-13-10(7-12(14)15)9-5-3-4-6-11(9)16-2;12-8-1-2-10(13)9(5-8)11-6-14-3-4-15(11)7-16;1-11-8-4-7-10(9-11)5-2-3-6-10/h3-8H,1-2H3;1-2,5,7,11,14H,3-4,6H2;2-9H2,1H3. The van der Waals surface area contributed by atoms with Gasteiger partial charge in [0, 0.05) is 50.4 Å². The number of methoxy groups -OCH3 is 1. The number of ether oxygens (including phenoxy) is 1. The summed E-state index contributed by atoms with van der Waals surface area (Å²) in [5, 5.41) is 3.05. The first-order valence-electron chi connectivity index (χ1n) is 15.0. The highest BCUT2D eigenvalue weighted by molar-refractivity contribution is 5.66. The molecule has 3 aromatic rings. The normalized spacial score (nSPS) is 19.6. The summed E-state index contributed by atoms with van der Waals surface area (Å²) < 4.78 is 33.2. The van der Waals surface area contributed by atoms with Gasteiger partial charge in [0.25, 0.3) is 5.56 Å². The Bertz CT molecular complexity index is 1410. The number of aryl methyl sites for hydroxylation is 1. The molecule has 3 aliphatic rings. The molecule has 43 heavy (non-hydrogen) atoms.